The number of rotatable bonds is 2. The lowest BCUT2D eigenvalue weighted by Crippen LogP contribution is -1.97. The predicted molar refractivity (Wildman–Crippen MR) is 83.5 cm³/mol. The lowest BCUT2D eigenvalue weighted by molar-refractivity contribution is 0.782. The van der Waals surface area contributed by atoms with Gasteiger partial charge in [0, 0.05) is 17.6 Å². The molecule has 0 amide bonds. The number of nitrogens with zero attached hydrogens (tertiary/aromatic N) is 2. The van der Waals surface area contributed by atoms with Crippen molar-refractivity contribution >= 4 is 17.4 Å². The fraction of sp³-hybridized carbons (Fsp3) is 0.0625. The monoisotopic (exact) mass is 283 g/mol. The molecule has 0 bridgehead atoms. The van der Waals surface area contributed by atoms with Crippen LogP contribution in [0.2, 0.25) is 5.02 Å². The molecule has 20 heavy (non-hydrogen) atoms. The molecule has 3 aromatic rings. The van der Waals surface area contributed by atoms with E-state index >= 15 is 0 Å². The molecular weight excluding hydrogens is 270 g/mol. The van der Waals surface area contributed by atoms with Crippen LogP contribution in [0.3, 0.4) is 0 Å². The Kier molecular flexibility index (Phi) is 3.20. The molecule has 3 rings (SSSR count). The van der Waals surface area contributed by atoms with Crippen molar-refractivity contribution in [3.05, 3.63) is 59.6 Å². The third-order valence-electron chi connectivity index (χ3n) is 3.25. The molecule has 0 saturated heterocycles. The highest BCUT2D eigenvalue weighted by Crippen LogP contribution is 2.36. The standard InChI is InChI=1S/C16H14ClN3/c1-20-16(18)14(12-8-5-9-13(17)10-12)15(19-20)11-6-3-2-4-7-11/h2-10H,18H2,1H3. The first kappa shape index (κ1) is 12.8. The molecule has 0 aliphatic heterocycles. The number of hydrogen-bond donors (Lipinski definition) is 1. The Hall–Kier alpha value is -2.26. The zero-order valence-electron chi connectivity index (χ0n) is 11.0. The smallest absolute Gasteiger partial charge is 0.129 e. The van der Waals surface area contributed by atoms with E-state index in [1.807, 2.05) is 61.6 Å². The van der Waals surface area contributed by atoms with Crippen LogP contribution in [-0.2, 0) is 7.05 Å². The van der Waals surface area contributed by atoms with Crippen molar-refractivity contribution < 1.29 is 0 Å². The number of aromatic nitrogens is 2. The second-order valence-electron chi connectivity index (χ2n) is 4.61. The summed E-state index contributed by atoms with van der Waals surface area (Å²) < 4.78 is 1.69. The molecule has 0 unspecified atom stereocenters. The Morgan fingerprint density at radius 1 is 1.00 bits per heavy atom. The summed E-state index contributed by atoms with van der Waals surface area (Å²) in [5, 5.41) is 5.22. The van der Waals surface area contributed by atoms with Crippen LogP contribution in [0.15, 0.2) is 54.6 Å². The minimum Gasteiger partial charge on any atom is -0.383 e. The fourth-order valence-electron chi connectivity index (χ4n) is 2.26. The van der Waals surface area contributed by atoms with Gasteiger partial charge in [0.15, 0.2) is 0 Å². The van der Waals surface area contributed by atoms with Gasteiger partial charge in [0.25, 0.3) is 0 Å². The average Bonchev–Trinajstić information content (AvgIpc) is 2.76. The Morgan fingerprint density at radius 2 is 1.70 bits per heavy atom. The summed E-state index contributed by atoms with van der Waals surface area (Å²) in [6.45, 7) is 0. The SMILES string of the molecule is Cn1nc(-c2ccccc2)c(-c2cccc(Cl)c2)c1N. The van der Waals surface area contributed by atoms with Gasteiger partial charge in [0.1, 0.15) is 11.5 Å². The van der Waals surface area contributed by atoms with E-state index in [4.69, 9.17) is 17.3 Å². The Bertz CT molecular complexity index is 748. The van der Waals surface area contributed by atoms with Gasteiger partial charge in [0.2, 0.25) is 0 Å². The average molecular weight is 284 g/mol. The molecule has 0 spiro atoms. The molecule has 0 aliphatic carbocycles. The summed E-state index contributed by atoms with van der Waals surface area (Å²) in [7, 11) is 1.84. The van der Waals surface area contributed by atoms with Crippen LogP contribution in [0.25, 0.3) is 22.4 Å². The van der Waals surface area contributed by atoms with Crippen LogP contribution < -0.4 is 5.73 Å². The first-order valence-corrected chi connectivity index (χ1v) is 6.68. The minimum absolute atomic E-state index is 0.631. The molecule has 0 saturated carbocycles. The first-order chi connectivity index (χ1) is 9.66. The Labute approximate surface area is 122 Å². The maximum absolute atomic E-state index is 6.18. The zero-order chi connectivity index (χ0) is 14.1. The first-order valence-electron chi connectivity index (χ1n) is 6.30. The molecule has 0 atom stereocenters. The van der Waals surface area contributed by atoms with Gasteiger partial charge in [-0.15, -0.1) is 0 Å². The van der Waals surface area contributed by atoms with Crippen molar-refractivity contribution in [1.82, 2.24) is 9.78 Å². The summed E-state index contributed by atoms with van der Waals surface area (Å²) >= 11 is 6.08. The van der Waals surface area contributed by atoms with Crippen molar-refractivity contribution in [3.63, 3.8) is 0 Å². The molecule has 0 fully saturated rings. The van der Waals surface area contributed by atoms with Crippen LogP contribution in [0.4, 0.5) is 5.82 Å². The van der Waals surface area contributed by atoms with E-state index in [1.165, 1.54) is 0 Å². The molecule has 100 valence electrons. The van der Waals surface area contributed by atoms with Gasteiger partial charge in [-0.05, 0) is 17.7 Å². The van der Waals surface area contributed by atoms with Gasteiger partial charge in [-0.3, -0.25) is 4.68 Å². The second-order valence-corrected chi connectivity index (χ2v) is 5.05. The quantitative estimate of drug-likeness (QED) is 0.773. The van der Waals surface area contributed by atoms with Crippen LogP contribution >= 0.6 is 11.6 Å². The molecule has 3 nitrogen and oxygen atoms in total. The van der Waals surface area contributed by atoms with E-state index in [1.54, 1.807) is 4.68 Å². The molecule has 1 heterocycles. The van der Waals surface area contributed by atoms with Crippen molar-refractivity contribution in [3.8, 4) is 22.4 Å². The van der Waals surface area contributed by atoms with E-state index in [9.17, 15) is 0 Å². The summed E-state index contributed by atoms with van der Waals surface area (Å²) in [5.74, 6) is 0.631. The van der Waals surface area contributed by atoms with Crippen molar-refractivity contribution in [2.75, 3.05) is 5.73 Å². The van der Waals surface area contributed by atoms with Crippen LogP contribution in [0, 0.1) is 0 Å². The summed E-state index contributed by atoms with van der Waals surface area (Å²) in [4.78, 5) is 0. The molecule has 2 aromatic carbocycles. The fourth-order valence-corrected chi connectivity index (χ4v) is 2.45. The van der Waals surface area contributed by atoms with Crippen LogP contribution in [-0.4, -0.2) is 9.78 Å². The second kappa shape index (κ2) is 5.02. The van der Waals surface area contributed by atoms with Crippen LogP contribution in [0.1, 0.15) is 0 Å². The lowest BCUT2D eigenvalue weighted by Gasteiger charge is -2.05. The minimum atomic E-state index is 0.631. The zero-order valence-corrected chi connectivity index (χ0v) is 11.8. The van der Waals surface area contributed by atoms with Gasteiger partial charge < -0.3 is 5.73 Å². The van der Waals surface area contributed by atoms with Gasteiger partial charge in [0.05, 0.1) is 5.56 Å². The van der Waals surface area contributed by atoms with E-state index in [2.05, 4.69) is 5.10 Å². The van der Waals surface area contributed by atoms with Gasteiger partial charge in [-0.1, -0.05) is 54.1 Å². The maximum atomic E-state index is 6.18. The number of nitrogens with two attached hydrogens (primary N) is 1. The van der Waals surface area contributed by atoms with E-state index < -0.39 is 0 Å². The van der Waals surface area contributed by atoms with Gasteiger partial charge in [-0.2, -0.15) is 5.10 Å². The summed E-state index contributed by atoms with van der Waals surface area (Å²) in [6, 6.07) is 17.7. The van der Waals surface area contributed by atoms with E-state index in [0.717, 1.165) is 22.4 Å². The number of nitrogen functional groups attached to an aromatic ring is 1. The normalized spacial score (nSPS) is 10.7. The molecule has 0 radical (unpaired) electrons. The Morgan fingerprint density at radius 3 is 2.40 bits per heavy atom. The van der Waals surface area contributed by atoms with Crippen molar-refractivity contribution in [2.24, 2.45) is 7.05 Å². The molecule has 1 aromatic heterocycles. The highest BCUT2D eigenvalue weighted by atomic mass is 35.5. The molecular formula is C16H14ClN3. The highest BCUT2D eigenvalue weighted by Gasteiger charge is 2.17. The topological polar surface area (TPSA) is 43.8 Å². The number of anilines is 1. The van der Waals surface area contributed by atoms with Crippen molar-refractivity contribution in [2.45, 2.75) is 0 Å². The van der Waals surface area contributed by atoms with E-state index in [0.29, 0.717) is 10.8 Å². The maximum Gasteiger partial charge on any atom is 0.129 e. The lowest BCUT2D eigenvalue weighted by atomic mass is 10.0. The summed E-state index contributed by atoms with van der Waals surface area (Å²) in [6.07, 6.45) is 0. The number of hydrogen-bond acceptors (Lipinski definition) is 2. The highest BCUT2D eigenvalue weighted by molar-refractivity contribution is 6.30. The number of aryl methyl sites for hydroxylation is 1. The number of benzene rings is 2. The molecule has 2 N–H and O–H groups in total. The third kappa shape index (κ3) is 2.17. The Balaban J connectivity index is 2.25. The molecule has 4 heteroatoms. The van der Waals surface area contributed by atoms with Gasteiger partial charge in [-0.25, -0.2) is 0 Å². The predicted octanol–water partition coefficient (Wildman–Crippen LogP) is 3.99. The number of halogens is 1. The van der Waals surface area contributed by atoms with Crippen molar-refractivity contribution in [1.29, 1.82) is 0 Å². The van der Waals surface area contributed by atoms with Crippen LogP contribution in [0.5, 0.6) is 0 Å². The van der Waals surface area contributed by atoms with Gasteiger partial charge >= 0.3 is 0 Å². The summed E-state index contributed by atoms with van der Waals surface area (Å²) in [5.41, 5.74) is 9.98. The van der Waals surface area contributed by atoms with E-state index in [-0.39, 0.29) is 0 Å². The third-order valence-corrected chi connectivity index (χ3v) is 3.49. The molecule has 0 aliphatic rings. The largest absolute Gasteiger partial charge is 0.383 e.